The Morgan fingerprint density at radius 1 is 1.12 bits per heavy atom. The molecule has 2 aromatic heterocycles. The lowest BCUT2D eigenvalue weighted by atomic mass is 9.81. The number of benzene rings is 2. The summed E-state index contributed by atoms with van der Waals surface area (Å²) in [5, 5.41) is 35.5. The molecule has 1 saturated carbocycles. The second-order valence-corrected chi connectivity index (χ2v) is 12.3. The minimum Gasteiger partial charge on any atom is -0.489 e. The van der Waals surface area contributed by atoms with Gasteiger partial charge in [-0.2, -0.15) is 13.2 Å². The van der Waals surface area contributed by atoms with Crippen molar-refractivity contribution in [3.05, 3.63) is 83.4 Å². The molecule has 0 spiro atoms. The molecule has 4 aromatic rings. The highest BCUT2D eigenvalue weighted by Gasteiger charge is 2.58. The number of pyridine rings is 2. The van der Waals surface area contributed by atoms with Gasteiger partial charge in [-0.05, 0) is 68.3 Å². The number of halogens is 4. The van der Waals surface area contributed by atoms with Gasteiger partial charge in [0.25, 0.3) is 5.91 Å². The van der Waals surface area contributed by atoms with E-state index < -0.39 is 59.8 Å². The first kappa shape index (κ1) is 34.0. The maximum absolute atomic E-state index is 14.9. The molecule has 258 valence electrons. The summed E-state index contributed by atoms with van der Waals surface area (Å²) in [4.78, 5) is 35.2. The van der Waals surface area contributed by atoms with Crippen molar-refractivity contribution in [2.45, 2.75) is 49.2 Å². The predicted molar refractivity (Wildman–Crippen MR) is 166 cm³/mol. The topological polar surface area (TPSA) is 163 Å². The van der Waals surface area contributed by atoms with E-state index in [0.717, 1.165) is 31.0 Å². The minimum absolute atomic E-state index is 0.0303. The van der Waals surface area contributed by atoms with Crippen molar-refractivity contribution < 1.29 is 51.9 Å². The number of fused-ring (bicyclic) bond motifs is 2. The van der Waals surface area contributed by atoms with Gasteiger partial charge >= 0.3 is 6.18 Å². The third-order valence-corrected chi connectivity index (χ3v) is 8.55. The Balaban J connectivity index is 1.39. The Labute approximate surface area is 276 Å². The lowest BCUT2D eigenvalue weighted by Gasteiger charge is -2.31. The van der Waals surface area contributed by atoms with Crippen LogP contribution in [-0.4, -0.2) is 81.8 Å². The standard InChI is InChI=1S/C34H32F4N4O7/c1-32(31(46)40-14-22(44)15-43)17-48-29-24(32)13-26(42-28(29)18-4-6-21(35)7-5-18)33(47,34(36,37)38)16-41-30(45)20-11-19-3-2-10-39-27(19)25(12-20)49-23-8-9-23/h2-7,10-13,22-23,43-44,47H,8-9,14-17H2,1H3,(H,40,46)(H,41,45)/t22-,32+,33+/m1/s1. The smallest absolute Gasteiger partial charge is 0.424 e. The number of hydrogen-bond donors (Lipinski definition) is 5. The molecule has 0 unspecified atom stereocenters. The van der Waals surface area contributed by atoms with Crippen molar-refractivity contribution in [1.29, 1.82) is 0 Å². The molecule has 49 heavy (non-hydrogen) atoms. The number of nitrogens with one attached hydrogen (secondary N) is 2. The van der Waals surface area contributed by atoms with Crippen LogP contribution >= 0.6 is 0 Å². The first-order valence-corrected chi connectivity index (χ1v) is 15.4. The number of rotatable bonds is 11. The molecule has 15 heteroatoms. The Hall–Kier alpha value is -4.86. The molecule has 1 aliphatic heterocycles. The molecule has 3 heterocycles. The average molecular weight is 685 g/mol. The zero-order valence-corrected chi connectivity index (χ0v) is 26.1. The number of hydrogen-bond acceptors (Lipinski definition) is 9. The number of carbonyl (C=O) groups is 2. The van der Waals surface area contributed by atoms with Crippen LogP contribution in [0.2, 0.25) is 0 Å². The Morgan fingerprint density at radius 3 is 2.53 bits per heavy atom. The third-order valence-electron chi connectivity index (χ3n) is 8.55. The molecule has 1 aliphatic carbocycles. The number of aliphatic hydroxyl groups excluding tert-OH is 2. The molecule has 2 aliphatic rings. The van der Waals surface area contributed by atoms with Crippen LogP contribution in [0.4, 0.5) is 17.6 Å². The van der Waals surface area contributed by atoms with Gasteiger partial charge in [0.2, 0.25) is 11.5 Å². The van der Waals surface area contributed by atoms with Crippen LogP contribution in [0, 0.1) is 5.82 Å². The largest absolute Gasteiger partial charge is 0.489 e. The summed E-state index contributed by atoms with van der Waals surface area (Å²) in [6.45, 7) is -1.35. The van der Waals surface area contributed by atoms with Gasteiger partial charge in [-0.3, -0.25) is 14.6 Å². The van der Waals surface area contributed by atoms with Crippen molar-refractivity contribution >= 4 is 22.7 Å². The number of ether oxygens (including phenoxy) is 2. The molecule has 2 aromatic carbocycles. The molecule has 2 amide bonds. The summed E-state index contributed by atoms with van der Waals surface area (Å²) < 4.78 is 70.3. The number of aliphatic hydroxyl groups is 3. The van der Waals surface area contributed by atoms with Gasteiger partial charge < -0.3 is 35.4 Å². The van der Waals surface area contributed by atoms with E-state index in [1.807, 2.05) is 0 Å². The van der Waals surface area contributed by atoms with E-state index in [0.29, 0.717) is 16.7 Å². The normalized spacial score (nSPS) is 19.0. The predicted octanol–water partition coefficient (Wildman–Crippen LogP) is 3.28. The zero-order valence-electron chi connectivity index (χ0n) is 26.1. The van der Waals surface area contributed by atoms with Crippen molar-refractivity contribution in [3.63, 3.8) is 0 Å². The maximum Gasteiger partial charge on any atom is 0.424 e. The highest BCUT2D eigenvalue weighted by Crippen LogP contribution is 2.48. The fourth-order valence-corrected chi connectivity index (χ4v) is 5.45. The average Bonchev–Trinajstić information content (AvgIpc) is 3.84. The van der Waals surface area contributed by atoms with Gasteiger partial charge in [0, 0.05) is 34.8 Å². The van der Waals surface area contributed by atoms with E-state index in [-0.39, 0.29) is 47.4 Å². The van der Waals surface area contributed by atoms with Crippen LogP contribution in [0.15, 0.2) is 60.8 Å². The quantitative estimate of drug-likeness (QED) is 0.149. The summed E-state index contributed by atoms with van der Waals surface area (Å²) in [5.41, 5.74) is -6.11. The van der Waals surface area contributed by atoms with E-state index >= 15 is 0 Å². The van der Waals surface area contributed by atoms with Gasteiger partial charge in [-0.15, -0.1) is 0 Å². The summed E-state index contributed by atoms with van der Waals surface area (Å²) >= 11 is 0. The van der Waals surface area contributed by atoms with Crippen LogP contribution in [-0.2, 0) is 15.8 Å². The molecule has 1 fully saturated rings. The van der Waals surface area contributed by atoms with Crippen LogP contribution in [0.3, 0.4) is 0 Å². The molecule has 0 bridgehead atoms. The number of aromatic nitrogens is 2. The van der Waals surface area contributed by atoms with Crippen LogP contribution in [0.1, 0.15) is 41.4 Å². The van der Waals surface area contributed by atoms with Crippen molar-refractivity contribution in [2.24, 2.45) is 0 Å². The van der Waals surface area contributed by atoms with Gasteiger partial charge in [-0.25, -0.2) is 9.37 Å². The fourth-order valence-electron chi connectivity index (χ4n) is 5.45. The van der Waals surface area contributed by atoms with E-state index in [1.165, 1.54) is 31.2 Å². The van der Waals surface area contributed by atoms with Crippen LogP contribution < -0.4 is 20.1 Å². The van der Waals surface area contributed by atoms with E-state index in [2.05, 4.69) is 20.6 Å². The summed E-state index contributed by atoms with van der Waals surface area (Å²) in [5.74, 6) is -2.10. The van der Waals surface area contributed by atoms with Gasteiger partial charge in [0.05, 0.1) is 31.1 Å². The number of carbonyl (C=O) groups excluding carboxylic acids is 2. The first-order valence-electron chi connectivity index (χ1n) is 15.4. The molecule has 6 rings (SSSR count). The first-order chi connectivity index (χ1) is 23.2. The lowest BCUT2D eigenvalue weighted by Crippen LogP contribution is -2.52. The minimum atomic E-state index is -5.40. The molecule has 3 atom stereocenters. The lowest BCUT2D eigenvalue weighted by molar-refractivity contribution is -0.265. The van der Waals surface area contributed by atoms with Crippen LogP contribution in [0.25, 0.3) is 22.2 Å². The molecule has 11 nitrogen and oxygen atoms in total. The molecular weight excluding hydrogens is 652 g/mol. The Bertz CT molecular complexity index is 1900. The third kappa shape index (κ3) is 6.60. The van der Waals surface area contributed by atoms with Crippen LogP contribution in [0.5, 0.6) is 11.5 Å². The Kier molecular flexibility index (Phi) is 8.94. The number of nitrogens with zero attached hydrogens (tertiary/aromatic N) is 2. The van der Waals surface area contributed by atoms with E-state index in [1.54, 1.807) is 18.3 Å². The van der Waals surface area contributed by atoms with Crippen molar-refractivity contribution in [3.8, 4) is 22.8 Å². The highest BCUT2D eigenvalue weighted by atomic mass is 19.4. The Morgan fingerprint density at radius 2 is 1.86 bits per heavy atom. The second-order valence-electron chi connectivity index (χ2n) is 12.3. The van der Waals surface area contributed by atoms with E-state index in [4.69, 9.17) is 14.6 Å². The zero-order chi connectivity index (χ0) is 35.1. The summed E-state index contributed by atoms with van der Waals surface area (Å²) in [7, 11) is 0. The highest BCUT2D eigenvalue weighted by molar-refractivity contribution is 6.00. The fraction of sp³-hybridized carbons (Fsp3) is 0.353. The molecule has 5 N–H and O–H groups in total. The maximum atomic E-state index is 14.9. The molecule has 0 radical (unpaired) electrons. The van der Waals surface area contributed by atoms with Gasteiger partial charge in [-0.1, -0.05) is 6.07 Å². The van der Waals surface area contributed by atoms with Crippen molar-refractivity contribution in [2.75, 3.05) is 26.3 Å². The number of amides is 2. The molecule has 0 saturated heterocycles. The van der Waals surface area contributed by atoms with E-state index in [9.17, 15) is 37.4 Å². The summed E-state index contributed by atoms with van der Waals surface area (Å²) in [6.07, 6.45) is -3.59. The van der Waals surface area contributed by atoms with Gasteiger partial charge in [0.1, 0.15) is 40.5 Å². The SMILES string of the molecule is C[C@]1(C(=O)NC[C@@H](O)CO)COc2c1cc([C@@](O)(CNC(=O)c1cc(OC3CC3)c3ncccc3c1)C(F)(F)F)nc2-c1ccc(F)cc1. The van der Waals surface area contributed by atoms with Gasteiger partial charge in [0.15, 0.2) is 0 Å². The monoisotopic (exact) mass is 684 g/mol. The molecular formula is C34H32F4N4O7. The summed E-state index contributed by atoms with van der Waals surface area (Å²) in [6, 6.07) is 11.7. The van der Waals surface area contributed by atoms with Crippen molar-refractivity contribution in [1.82, 2.24) is 20.6 Å². The number of alkyl halides is 3. The second kappa shape index (κ2) is 12.9.